The highest BCUT2D eigenvalue weighted by Gasteiger charge is 2.40. The molecule has 3 aliphatic heterocycles. The van der Waals surface area contributed by atoms with E-state index in [0.717, 1.165) is 30.6 Å². The summed E-state index contributed by atoms with van der Waals surface area (Å²) in [6.07, 6.45) is 4.00. The molecule has 2 N–H and O–H groups in total. The van der Waals surface area contributed by atoms with Gasteiger partial charge in [0.2, 0.25) is 11.8 Å². The number of nitrogens with zero attached hydrogens (tertiary/aromatic N) is 1. The second-order valence-electron chi connectivity index (χ2n) is 11.1. The van der Waals surface area contributed by atoms with Gasteiger partial charge in [0.05, 0.1) is 6.54 Å². The van der Waals surface area contributed by atoms with Gasteiger partial charge in [0.15, 0.2) is 0 Å². The van der Waals surface area contributed by atoms with Gasteiger partial charge in [-0.2, -0.15) is 0 Å². The van der Waals surface area contributed by atoms with Crippen LogP contribution in [0.5, 0.6) is 5.75 Å². The Labute approximate surface area is 234 Å². The molecular formula is C33H35N3O4. The van der Waals surface area contributed by atoms with Gasteiger partial charge in [-0.05, 0) is 79.4 Å². The number of rotatable bonds is 8. The van der Waals surface area contributed by atoms with Crippen molar-refractivity contribution in [2.24, 2.45) is 5.92 Å². The van der Waals surface area contributed by atoms with Crippen LogP contribution in [0.2, 0.25) is 0 Å². The van der Waals surface area contributed by atoms with Crippen LogP contribution < -0.4 is 15.4 Å². The van der Waals surface area contributed by atoms with Gasteiger partial charge >= 0.3 is 0 Å². The zero-order chi connectivity index (χ0) is 27.5. The second-order valence-corrected chi connectivity index (χ2v) is 11.1. The molecule has 3 aromatic rings. The number of imide groups is 1. The first-order valence-electron chi connectivity index (χ1n) is 14.3. The molecule has 3 aliphatic rings. The molecule has 2 atom stereocenters. The zero-order valence-electron chi connectivity index (χ0n) is 22.6. The SMILES string of the molecule is O=C1CCC(N2Cc3c(OCc4ccc(C(Cc5ccccc5)C5CCNCC5)cc4)cccc3C2=O)C(=O)N1. The van der Waals surface area contributed by atoms with Crippen LogP contribution in [0.1, 0.15) is 64.2 Å². The van der Waals surface area contributed by atoms with Gasteiger partial charge in [-0.1, -0.05) is 60.7 Å². The summed E-state index contributed by atoms with van der Waals surface area (Å²) < 4.78 is 6.23. The van der Waals surface area contributed by atoms with Crippen LogP contribution >= 0.6 is 0 Å². The number of hydrogen-bond donors (Lipinski definition) is 2. The van der Waals surface area contributed by atoms with E-state index in [-0.39, 0.29) is 18.2 Å². The van der Waals surface area contributed by atoms with Crippen LogP contribution in [-0.2, 0) is 29.2 Å². The molecule has 0 radical (unpaired) electrons. The minimum absolute atomic E-state index is 0.193. The van der Waals surface area contributed by atoms with E-state index < -0.39 is 11.9 Å². The Bertz CT molecular complexity index is 1380. The van der Waals surface area contributed by atoms with Gasteiger partial charge in [-0.15, -0.1) is 0 Å². The Morgan fingerprint density at radius 1 is 0.850 bits per heavy atom. The van der Waals surface area contributed by atoms with Crippen molar-refractivity contribution in [2.75, 3.05) is 13.1 Å². The van der Waals surface area contributed by atoms with Gasteiger partial charge < -0.3 is 15.0 Å². The number of fused-ring (bicyclic) bond motifs is 1. The fourth-order valence-electron chi connectivity index (χ4n) is 6.39. The Balaban J connectivity index is 1.14. The van der Waals surface area contributed by atoms with Crippen LogP contribution in [0, 0.1) is 5.92 Å². The van der Waals surface area contributed by atoms with Gasteiger partial charge in [0.25, 0.3) is 5.91 Å². The number of amides is 3. The minimum atomic E-state index is -0.637. The van der Waals surface area contributed by atoms with Crippen molar-refractivity contribution in [2.45, 2.75) is 57.2 Å². The summed E-state index contributed by atoms with van der Waals surface area (Å²) in [5.74, 6) is 0.891. The second kappa shape index (κ2) is 11.6. The van der Waals surface area contributed by atoms with Crippen molar-refractivity contribution in [1.82, 2.24) is 15.5 Å². The van der Waals surface area contributed by atoms with Crippen molar-refractivity contribution in [3.63, 3.8) is 0 Å². The molecule has 0 bridgehead atoms. The van der Waals surface area contributed by atoms with E-state index >= 15 is 0 Å². The number of carbonyl (C=O) groups excluding carboxylic acids is 3. The monoisotopic (exact) mass is 537 g/mol. The first-order valence-corrected chi connectivity index (χ1v) is 14.3. The summed E-state index contributed by atoms with van der Waals surface area (Å²) in [6.45, 7) is 2.84. The van der Waals surface area contributed by atoms with Crippen molar-refractivity contribution < 1.29 is 19.1 Å². The Hall–Kier alpha value is -3.97. The molecule has 7 nitrogen and oxygen atoms in total. The number of benzene rings is 3. The van der Waals surface area contributed by atoms with Crippen LogP contribution in [0.4, 0.5) is 0 Å². The first-order chi connectivity index (χ1) is 19.6. The van der Waals surface area contributed by atoms with E-state index in [9.17, 15) is 14.4 Å². The van der Waals surface area contributed by atoms with Crippen LogP contribution in [0.15, 0.2) is 72.8 Å². The largest absolute Gasteiger partial charge is 0.489 e. The highest BCUT2D eigenvalue weighted by atomic mass is 16.5. The maximum Gasteiger partial charge on any atom is 0.255 e. The van der Waals surface area contributed by atoms with Crippen molar-refractivity contribution in [3.05, 3.63) is 101 Å². The Morgan fingerprint density at radius 3 is 2.38 bits per heavy atom. The van der Waals surface area contributed by atoms with E-state index in [4.69, 9.17) is 4.74 Å². The van der Waals surface area contributed by atoms with Crippen LogP contribution in [0.25, 0.3) is 0 Å². The molecule has 6 rings (SSSR count). The lowest BCUT2D eigenvalue weighted by Crippen LogP contribution is -2.52. The molecule has 3 aromatic carbocycles. The molecule has 2 fully saturated rings. The molecule has 2 unspecified atom stereocenters. The predicted molar refractivity (Wildman–Crippen MR) is 152 cm³/mol. The van der Waals surface area contributed by atoms with E-state index in [0.29, 0.717) is 42.7 Å². The summed E-state index contributed by atoms with van der Waals surface area (Å²) >= 11 is 0. The minimum Gasteiger partial charge on any atom is -0.489 e. The summed E-state index contributed by atoms with van der Waals surface area (Å²) in [7, 11) is 0. The highest BCUT2D eigenvalue weighted by molar-refractivity contribution is 6.05. The lowest BCUT2D eigenvalue weighted by Gasteiger charge is -2.31. The van der Waals surface area contributed by atoms with E-state index in [1.807, 2.05) is 12.1 Å². The summed E-state index contributed by atoms with van der Waals surface area (Å²) in [4.78, 5) is 38.6. The molecule has 0 aromatic heterocycles. The van der Waals surface area contributed by atoms with Gasteiger partial charge in [-0.3, -0.25) is 19.7 Å². The average Bonchev–Trinajstić information content (AvgIpc) is 3.32. The molecule has 0 saturated carbocycles. The van der Waals surface area contributed by atoms with Gasteiger partial charge in [-0.25, -0.2) is 0 Å². The number of ether oxygens (including phenoxy) is 1. The zero-order valence-corrected chi connectivity index (χ0v) is 22.6. The molecule has 40 heavy (non-hydrogen) atoms. The first kappa shape index (κ1) is 26.3. The van der Waals surface area contributed by atoms with Crippen LogP contribution in [-0.4, -0.2) is 41.8 Å². The number of hydrogen-bond acceptors (Lipinski definition) is 5. The van der Waals surface area contributed by atoms with E-state index in [1.54, 1.807) is 11.0 Å². The number of carbonyl (C=O) groups is 3. The Kier molecular flexibility index (Phi) is 7.64. The lowest BCUT2D eigenvalue weighted by atomic mass is 9.77. The predicted octanol–water partition coefficient (Wildman–Crippen LogP) is 4.35. The molecule has 3 amide bonds. The third-order valence-corrected chi connectivity index (χ3v) is 8.59. The normalized spacial score (nSPS) is 20.2. The molecule has 7 heteroatoms. The summed E-state index contributed by atoms with van der Waals surface area (Å²) in [5, 5.41) is 5.85. The molecular weight excluding hydrogens is 502 g/mol. The fraction of sp³-hybridized carbons (Fsp3) is 0.364. The smallest absolute Gasteiger partial charge is 0.255 e. The third kappa shape index (κ3) is 5.52. The maximum absolute atomic E-state index is 13.1. The molecule has 3 heterocycles. The van der Waals surface area contributed by atoms with E-state index in [1.165, 1.54) is 24.0 Å². The summed E-state index contributed by atoms with van der Waals surface area (Å²) in [5.41, 5.74) is 5.16. The van der Waals surface area contributed by atoms with Gasteiger partial charge in [0, 0.05) is 17.5 Å². The van der Waals surface area contributed by atoms with E-state index in [2.05, 4.69) is 65.2 Å². The summed E-state index contributed by atoms with van der Waals surface area (Å²) in [6, 6.07) is 24.4. The van der Waals surface area contributed by atoms with Crippen molar-refractivity contribution in [1.29, 1.82) is 0 Å². The molecule has 0 aliphatic carbocycles. The average molecular weight is 538 g/mol. The highest BCUT2D eigenvalue weighted by Crippen LogP contribution is 2.36. The molecule has 206 valence electrons. The molecule has 0 spiro atoms. The Morgan fingerprint density at radius 2 is 1.62 bits per heavy atom. The topological polar surface area (TPSA) is 87.7 Å². The van der Waals surface area contributed by atoms with Crippen LogP contribution in [0.3, 0.4) is 0 Å². The quantitative estimate of drug-likeness (QED) is 0.417. The lowest BCUT2D eigenvalue weighted by molar-refractivity contribution is -0.136. The maximum atomic E-state index is 13.1. The van der Waals surface area contributed by atoms with Crippen molar-refractivity contribution >= 4 is 17.7 Å². The number of nitrogens with one attached hydrogen (secondary N) is 2. The van der Waals surface area contributed by atoms with Gasteiger partial charge in [0.1, 0.15) is 18.4 Å². The number of piperidine rings is 2. The third-order valence-electron chi connectivity index (χ3n) is 8.59. The standard InChI is InChI=1S/C33H35N3O4/c37-31-14-13-29(32(38)35-31)36-20-28-26(33(36)39)7-4-8-30(28)40-21-23-9-11-24(12-10-23)27(25-15-17-34-18-16-25)19-22-5-2-1-3-6-22/h1-12,25,27,29,34H,13-21H2,(H,35,37,38). The van der Waals surface area contributed by atoms with Crippen molar-refractivity contribution in [3.8, 4) is 5.75 Å². The fourth-order valence-corrected chi connectivity index (χ4v) is 6.39. The molecule has 2 saturated heterocycles.